The van der Waals surface area contributed by atoms with Gasteiger partial charge in [-0.15, -0.1) is 0 Å². The van der Waals surface area contributed by atoms with E-state index in [1.165, 1.54) is 6.07 Å². The Balaban J connectivity index is 0.731. The van der Waals surface area contributed by atoms with Crippen LogP contribution in [0.5, 0.6) is 0 Å². The van der Waals surface area contributed by atoms with E-state index in [2.05, 4.69) is 32.8 Å². The number of alkyl halides is 2. The summed E-state index contributed by atoms with van der Waals surface area (Å²) in [5.74, 6) is -3.77. The third kappa shape index (κ3) is 11.2. The van der Waals surface area contributed by atoms with E-state index in [1.807, 2.05) is 136 Å². The summed E-state index contributed by atoms with van der Waals surface area (Å²) in [5.41, 5.74) is 6.83. The summed E-state index contributed by atoms with van der Waals surface area (Å²) in [4.78, 5) is 89.6. The van der Waals surface area contributed by atoms with Crippen LogP contribution in [0.4, 0.5) is 18.4 Å². The van der Waals surface area contributed by atoms with Crippen LogP contribution in [0.1, 0.15) is 132 Å². The fraction of sp³-hybridized carbons (Fsp3) is 0.403. The van der Waals surface area contributed by atoms with Crippen molar-refractivity contribution in [3.63, 3.8) is 0 Å². The first-order valence-corrected chi connectivity index (χ1v) is 29.7. The number of carbonyl (C=O) groups is 5. The molecule has 2 bridgehead atoms. The van der Waals surface area contributed by atoms with Gasteiger partial charge in [-0.3, -0.25) is 14.4 Å². The third-order valence-electron chi connectivity index (χ3n) is 18.2. The standard InChI is InChI=1S/C67H72F2N9O7/c1-36(2)55(75-64(82)85-34-41-15-13-39(7)14-16-41)61(79)74-57(38(5)6)63(81)78-46-21-17-45(27-46)58(78)60-71-51-24-20-43(30-52(51)72-60)42-18-22-47-48-23-19-44(29-50(48)67(68,69)49(47)28-42)53-32-70-59(73-53)54-31-66(25-26-66)35-77(54)62(80)56(37(3)4)76-65(83)84-33-40-11-9-8-10-12-40/h8-16,18-20,22-24,28-30,32,36-38,45-46,54-58H,7,17,21,25-27,31,33-35H2,1-6H3,(H,70,73)(H,71,72)(H,74,79)(H,75,82)(H,76,83)/t45?,46?,54?,55?,56-,57?,58+/m0/s1. The molecule has 16 nitrogen and oxygen atoms in total. The first-order valence-electron chi connectivity index (χ1n) is 29.7. The van der Waals surface area contributed by atoms with Crippen LogP contribution in [0.15, 0.2) is 115 Å². The Bertz CT molecular complexity index is 3710. The molecule has 5 N–H and O–H groups in total. The molecule has 4 heterocycles. The lowest BCUT2D eigenvalue weighted by Crippen LogP contribution is -2.58. The van der Waals surface area contributed by atoms with Crippen LogP contribution < -0.4 is 16.0 Å². The number of aromatic nitrogens is 4. The maximum atomic E-state index is 17.0. The predicted molar refractivity (Wildman–Crippen MR) is 317 cm³/mol. The second-order valence-electron chi connectivity index (χ2n) is 25.2. The van der Waals surface area contributed by atoms with E-state index in [-0.39, 0.29) is 77.3 Å². The average Bonchev–Trinajstić information content (AvgIpc) is 2.20. The number of ether oxygens (including phenoxy) is 2. The quantitative estimate of drug-likeness (QED) is 0.0588. The van der Waals surface area contributed by atoms with E-state index in [1.54, 1.807) is 24.4 Å². The zero-order chi connectivity index (χ0) is 59.6. The maximum Gasteiger partial charge on any atom is 0.408 e. The highest BCUT2D eigenvalue weighted by molar-refractivity contribution is 5.93. The van der Waals surface area contributed by atoms with Crippen LogP contribution in [0.3, 0.4) is 0 Å². The number of hydrogen-bond acceptors (Lipinski definition) is 9. The first kappa shape index (κ1) is 57.0. The van der Waals surface area contributed by atoms with Gasteiger partial charge in [0.05, 0.1) is 35.0 Å². The van der Waals surface area contributed by atoms with E-state index < -0.39 is 48.2 Å². The van der Waals surface area contributed by atoms with E-state index >= 15 is 8.78 Å². The van der Waals surface area contributed by atoms with Crippen molar-refractivity contribution in [1.29, 1.82) is 0 Å². The number of nitrogens with one attached hydrogen (secondary N) is 5. The topological polar surface area (TPSA) is 204 Å². The van der Waals surface area contributed by atoms with Gasteiger partial charge in [0.15, 0.2) is 0 Å². The Hall–Kier alpha value is -8.41. The Morgan fingerprint density at radius 2 is 1.28 bits per heavy atom. The number of halogens is 2. The largest absolute Gasteiger partial charge is 0.445 e. The number of hydrogen-bond donors (Lipinski definition) is 5. The zero-order valence-electron chi connectivity index (χ0n) is 48.7. The van der Waals surface area contributed by atoms with Crippen molar-refractivity contribution in [2.75, 3.05) is 6.54 Å². The van der Waals surface area contributed by atoms with Gasteiger partial charge in [-0.05, 0) is 138 Å². The molecular weight excluding hydrogens is 1080 g/mol. The number of fused-ring (bicyclic) bond motifs is 6. The summed E-state index contributed by atoms with van der Waals surface area (Å²) in [6, 6.07) is 29.0. The number of piperidine rings is 1. The van der Waals surface area contributed by atoms with Crippen molar-refractivity contribution in [3.8, 4) is 33.5 Å². The van der Waals surface area contributed by atoms with Crippen molar-refractivity contribution in [3.05, 3.63) is 162 Å². The van der Waals surface area contributed by atoms with Crippen LogP contribution in [0, 0.1) is 36.0 Å². The van der Waals surface area contributed by atoms with Crippen molar-refractivity contribution in [1.82, 2.24) is 45.7 Å². The number of aromatic amines is 2. The molecule has 5 aliphatic rings. The Morgan fingerprint density at radius 1 is 0.682 bits per heavy atom. The summed E-state index contributed by atoms with van der Waals surface area (Å²) in [6.45, 7) is 15.7. The van der Waals surface area contributed by atoms with Gasteiger partial charge in [-0.25, -0.2) is 19.6 Å². The molecule has 5 unspecified atom stereocenters. The lowest BCUT2D eigenvalue weighted by atomic mass is 9.95. The molecule has 2 saturated heterocycles. The summed E-state index contributed by atoms with van der Waals surface area (Å²) >= 11 is 0. The van der Waals surface area contributed by atoms with Gasteiger partial charge in [0.2, 0.25) is 17.7 Å². The number of benzene rings is 5. The van der Waals surface area contributed by atoms with Crippen LogP contribution in [0.2, 0.25) is 0 Å². The second kappa shape index (κ2) is 22.5. The fourth-order valence-corrected chi connectivity index (χ4v) is 13.3. The summed E-state index contributed by atoms with van der Waals surface area (Å²) in [5, 5.41) is 8.54. The van der Waals surface area contributed by atoms with E-state index in [4.69, 9.17) is 19.4 Å². The molecule has 1 spiro atoms. The van der Waals surface area contributed by atoms with Gasteiger partial charge in [0.1, 0.15) is 43.0 Å². The highest BCUT2D eigenvalue weighted by atomic mass is 19.3. The summed E-state index contributed by atoms with van der Waals surface area (Å²) in [6.07, 6.45) is 5.40. The Kier molecular flexibility index (Phi) is 15.1. The number of likely N-dealkylation sites (tertiary alicyclic amines) is 2. The van der Waals surface area contributed by atoms with Crippen LogP contribution in [-0.4, -0.2) is 90.4 Å². The molecule has 3 aliphatic carbocycles. The molecule has 4 fully saturated rings. The average molecular weight is 1150 g/mol. The third-order valence-corrected chi connectivity index (χ3v) is 18.2. The minimum Gasteiger partial charge on any atom is -0.445 e. The predicted octanol–water partition coefficient (Wildman–Crippen LogP) is 12.1. The minimum absolute atomic E-state index is 0.0159. The number of carbonyl (C=O) groups excluding carboxylic acids is 5. The minimum atomic E-state index is -3.33. The van der Waals surface area contributed by atoms with E-state index in [0.29, 0.717) is 69.2 Å². The molecule has 2 saturated carbocycles. The highest BCUT2D eigenvalue weighted by Gasteiger charge is 2.56. The van der Waals surface area contributed by atoms with Gasteiger partial charge in [0, 0.05) is 29.3 Å². The van der Waals surface area contributed by atoms with Gasteiger partial charge < -0.3 is 45.2 Å². The lowest BCUT2D eigenvalue weighted by molar-refractivity contribution is -0.142. The van der Waals surface area contributed by atoms with Crippen molar-refractivity contribution < 1.29 is 42.2 Å². The molecule has 5 aromatic carbocycles. The number of alkyl carbamates (subject to hydrolysis) is 2. The van der Waals surface area contributed by atoms with Gasteiger partial charge in [-0.1, -0.05) is 126 Å². The molecule has 441 valence electrons. The van der Waals surface area contributed by atoms with Crippen molar-refractivity contribution in [2.45, 2.75) is 135 Å². The van der Waals surface area contributed by atoms with Gasteiger partial charge in [-0.2, -0.15) is 8.78 Å². The lowest BCUT2D eigenvalue weighted by Gasteiger charge is -2.38. The van der Waals surface area contributed by atoms with Crippen molar-refractivity contribution >= 4 is 40.9 Å². The maximum absolute atomic E-state index is 17.0. The van der Waals surface area contributed by atoms with Gasteiger partial charge in [0.25, 0.3) is 5.92 Å². The van der Waals surface area contributed by atoms with E-state index in [9.17, 15) is 24.0 Å². The molecule has 12 rings (SSSR count). The van der Waals surface area contributed by atoms with E-state index in [0.717, 1.165) is 48.8 Å². The Labute approximate surface area is 493 Å². The first-order chi connectivity index (χ1) is 40.7. The zero-order valence-corrected chi connectivity index (χ0v) is 48.7. The molecule has 2 aromatic heterocycles. The number of H-pyrrole nitrogens is 2. The van der Waals surface area contributed by atoms with Crippen LogP contribution in [-0.2, 0) is 43.0 Å². The van der Waals surface area contributed by atoms with Crippen molar-refractivity contribution in [2.24, 2.45) is 29.1 Å². The molecule has 85 heavy (non-hydrogen) atoms. The molecule has 7 aromatic rings. The monoisotopic (exact) mass is 1150 g/mol. The molecule has 5 amide bonds. The molecule has 1 radical (unpaired) electrons. The smallest absolute Gasteiger partial charge is 0.408 e. The molecule has 2 aliphatic heterocycles. The normalized spacial score (nSPS) is 20.6. The molecule has 18 heteroatoms. The summed E-state index contributed by atoms with van der Waals surface area (Å²) < 4.78 is 44.9. The number of nitrogens with zero attached hydrogens (tertiary/aromatic N) is 4. The molecular formula is C67H72F2N9O7. The number of rotatable bonds is 17. The number of amides is 5. The highest BCUT2D eigenvalue weighted by Crippen LogP contribution is 2.59. The number of imidazole rings is 2. The fourth-order valence-electron chi connectivity index (χ4n) is 13.3. The van der Waals surface area contributed by atoms with Gasteiger partial charge >= 0.3 is 12.2 Å². The van der Waals surface area contributed by atoms with Crippen LogP contribution >= 0.6 is 0 Å². The second-order valence-corrected chi connectivity index (χ2v) is 25.2. The SMILES string of the molecule is [CH2]c1ccc(COC(=O)NC(C(=O)NC(C(=O)N2C3CCC(C3)[C@@H]2c2nc3ccc(-c4ccc5c(c4)C(F)(F)c4cc(-c6cnc(C7CC8(CC8)CN7C(=O)[C@@H](NC(=O)OCc7ccccc7)C(C)C)[nH]6)ccc4-5)cc3[nH]2)C(C)C)C(C)C)cc1. The molecule has 7 atom stereocenters. The van der Waals surface area contributed by atoms with Crippen LogP contribution in [0.25, 0.3) is 44.5 Å². The Morgan fingerprint density at radius 3 is 1.94 bits per heavy atom. The summed E-state index contributed by atoms with van der Waals surface area (Å²) in [7, 11) is 0.